The summed E-state index contributed by atoms with van der Waals surface area (Å²) in [6, 6.07) is 13.3. The van der Waals surface area contributed by atoms with Crippen LogP contribution in [0.3, 0.4) is 0 Å². The first kappa shape index (κ1) is 21.3. The summed E-state index contributed by atoms with van der Waals surface area (Å²) >= 11 is 0. The zero-order valence-electron chi connectivity index (χ0n) is 17.7. The van der Waals surface area contributed by atoms with E-state index in [1.165, 1.54) is 0 Å². The van der Waals surface area contributed by atoms with Gasteiger partial charge in [0, 0.05) is 17.1 Å². The molecule has 0 bridgehead atoms. The highest BCUT2D eigenvalue weighted by atomic mass is 16.5. The first-order valence-corrected chi connectivity index (χ1v) is 10.1. The molecule has 0 fully saturated rings. The number of fused-ring (bicyclic) bond motifs is 1. The number of pyridine rings is 1. The maximum absolute atomic E-state index is 13.2. The number of nitrogens with zero attached hydrogens (tertiary/aromatic N) is 1. The zero-order valence-corrected chi connectivity index (χ0v) is 17.7. The Morgan fingerprint density at radius 2 is 1.77 bits per heavy atom. The average molecular weight is 406 g/mol. The fourth-order valence-electron chi connectivity index (χ4n) is 3.70. The minimum atomic E-state index is -0.687. The molecule has 0 aliphatic rings. The fourth-order valence-corrected chi connectivity index (χ4v) is 3.70. The molecular formula is C24H26N2O4. The highest BCUT2D eigenvalue weighted by molar-refractivity contribution is 5.97. The van der Waals surface area contributed by atoms with Gasteiger partial charge in [0.15, 0.2) is 0 Å². The lowest BCUT2D eigenvalue weighted by atomic mass is 10.0. The molecule has 0 saturated heterocycles. The highest BCUT2D eigenvalue weighted by Gasteiger charge is 2.23. The third-order valence-corrected chi connectivity index (χ3v) is 5.12. The molecule has 0 spiro atoms. The van der Waals surface area contributed by atoms with Crippen molar-refractivity contribution in [2.24, 2.45) is 0 Å². The molecule has 6 nitrogen and oxygen atoms in total. The Morgan fingerprint density at radius 1 is 1.03 bits per heavy atom. The Bertz CT molecular complexity index is 1160. The summed E-state index contributed by atoms with van der Waals surface area (Å²) in [4.78, 5) is 38.0. The van der Waals surface area contributed by atoms with E-state index in [4.69, 9.17) is 4.74 Å². The predicted molar refractivity (Wildman–Crippen MR) is 118 cm³/mol. The van der Waals surface area contributed by atoms with Crippen LogP contribution in [0.15, 0.2) is 53.3 Å². The van der Waals surface area contributed by atoms with Gasteiger partial charge in [-0.3, -0.25) is 14.2 Å². The van der Waals surface area contributed by atoms with Gasteiger partial charge < -0.3 is 10.1 Å². The molecule has 30 heavy (non-hydrogen) atoms. The summed E-state index contributed by atoms with van der Waals surface area (Å²) in [7, 11) is 0. The molecule has 1 N–H and O–H groups in total. The number of amides is 1. The van der Waals surface area contributed by atoms with Crippen LogP contribution in [-0.4, -0.2) is 23.1 Å². The van der Waals surface area contributed by atoms with Crippen LogP contribution >= 0.6 is 0 Å². The predicted octanol–water partition coefficient (Wildman–Crippen LogP) is 4.38. The second kappa shape index (κ2) is 8.95. The molecule has 0 saturated carbocycles. The Hall–Kier alpha value is -3.41. The molecular weight excluding hydrogens is 380 g/mol. The maximum atomic E-state index is 13.2. The van der Waals surface area contributed by atoms with Crippen LogP contribution < -0.4 is 10.9 Å². The molecule has 1 aromatic heterocycles. The summed E-state index contributed by atoms with van der Waals surface area (Å²) in [5.74, 6) is -0.758. The summed E-state index contributed by atoms with van der Waals surface area (Å²) in [6.07, 6.45) is 0.440. The van der Waals surface area contributed by atoms with E-state index in [9.17, 15) is 14.4 Å². The Balaban J connectivity index is 2.00. The normalized spacial score (nSPS) is 11.9. The Kier molecular flexibility index (Phi) is 6.35. The third kappa shape index (κ3) is 4.13. The van der Waals surface area contributed by atoms with E-state index in [1.54, 1.807) is 41.8 Å². The lowest BCUT2D eigenvalue weighted by Gasteiger charge is -2.22. The van der Waals surface area contributed by atoms with Crippen molar-refractivity contribution in [3.05, 3.63) is 75.6 Å². The molecule has 1 atom stereocenters. The molecule has 1 unspecified atom stereocenters. The fraction of sp³-hybridized carbons (Fsp3) is 0.292. The summed E-state index contributed by atoms with van der Waals surface area (Å²) < 4.78 is 6.59. The molecule has 2 aromatic carbocycles. The third-order valence-electron chi connectivity index (χ3n) is 5.12. The number of benzene rings is 2. The van der Waals surface area contributed by atoms with E-state index in [2.05, 4.69) is 5.32 Å². The average Bonchev–Trinajstić information content (AvgIpc) is 2.71. The largest absolute Gasteiger partial charge is 0.462 e. The van der Waals surface area contributed by atoms with Gasteiger partial charge in [0.2, 0.25) is 5.91 Å². The lowest BCUT2D eigenvalue weighted by molar-refractivity contribution is -0.119. The van der Waals surface area contributed by atoms with Crippen LogP contribution in [0.5, 0.6) is 0 Å². The highest BCUT2D eigenvalue weighted by Crippen LogP contribution is 2.25. The van der Waals surface area contributed by atoms with Crippen molar-refractivity contribution < 1.29 is 14.3 Å². The number of ether oxygens (including phenoxy) is 1. The first-order chi connectivity index (χ1) is 14.4. The first-order valence-electron chi connectivity index (χ1n) is 10.1. The van der Waals surface area contributed by atoms with Gasteiger partial charge in [-0.25, -0.2) is 4.79 Å². The Morgan fingerprint density at radius 3 is 2.47 bits per heavy atom. The van der Waals surface area contributed by atoms with Crippen molar-refractivity contribution in [2.45, 2.75) is 40.2 Å². The molecule has 1 heterocycles. The van der Waals surface area contributed by atoms with Gasteiger partial charge in [0.25, 0.3) is 5.56 Å². The molecule has 156 valence electrons. The van der Waals surface area contributed by atoms with Crippen molar-refractivity contribution in [2.75, 3.05) is 11.9 Å². The van der Waals surface area contributed by atoms with Gasteiger partial charge >= 0.3 is 5.97 Å². The van der Waals surface area contributed by atoms with Gasteiger partial charge in [-0.05, 0) is 56.5 Å². The second-order valence-electron chi connectivity index (χ2n) is 7.22. The standard InChI is InChI=1S/C24H26N2O4/c1-5-20(23(28)25-18-11-8-10-17(14-18)24(29)30-6-2)26-21(27)13-16(4)19-12-7-9-15(3)22(19)26/h7-14,20H,5-6H2,1-4H3,(H,25,28). The molecule has 6 heteroatoms. The van der Waals surface area contributed by atoms with Crippen LogP contribution in [0.4, 0.5) is 5.69 Å². The summed E-state index contributed by atoms with van der Waals surface area (Å²) in [5.41, 5.74) is 3.21. The van der Waals surface area contributed by atoms with Gasteiger partial charge in [-0.2, -0.15) is 0 Å². The van der Waals surface area contributed by atoms with Crippen LogP contribution in [-0.2, 0) is 9.53 Å². The van der Waals surface area contributed by atoms with E-state index >= 15 is 0 Å². The number of aromatic nitrogens is 1. The van der Waals surface area contributed by atoms with Gasteiger partial charge in [0.05, 0.1) is 17.7 Å². The molecule has 3 rings (SSSR count). The van der Waals surface area contributed by atoms with Gasteiger partial charge in [-0.15, -0.1) is 0 Å². The van der Waals surface area contributed by atoms with Crippen LogP contribution in [0.2, 0.25) is 0 Å². The van der Waals surface area contributed by atoms with Crippen LogP contribution in [0.1, 0.15) is 47.8 Å². The minimum absolute atomic E-state index is 0.212. The number of carbonyl (C=O) groups excluding carboxylic acids is 2. The number of esters is 1. The minimum Gasteiger partial charge on any atom is -0.462 e. The monoisotopic (exact) mass is 406 g/mol. The summed E-state index contributed by atoms with van der Waals surface area (Å²) in [5, 5.41) is 3.80. The topological polar surface area (TPSA) is 77.4 Å². The van der Waals surface area contributed by atoms with E-state index in [0.29, 0.717) is 17.7 Å². The van der Waals surface area contributed by atoms with E-state index in [0.717, 1.165) is 22.0 Å². The number of hydrogen-bond donors (Lipinski definition) is 1. The smallest absolute Gasteiger partial charge is 0.338 e. The van der Waals surface area contributed by atoms with Crippen molar-refractivity contribution in [1.29, 1.82) is 0 Å². The number of para-hydroxylation sites is 1. The van der Waals surface area contributed by atoms with Crippen molar-refractivity contribution in [1.82, 2.24) is 4.57 Å². The van der Waals surface area contributed by atoms with E-state index in [-0.39, 0.29) is 18.1 Å². The van der Waals surface area contributed by atoms with Crippen molar-refractivity contribution in [3.8, 4) is 0 Å². The SMILES string of the molecule is CCOC(=O)c1cccc(NC(=O)C(CC)n2c(=O)cc(C)c3cccc(C)c32)c1. The number of carbonyl (C=O) groups is 2. The van der Waals surface area contributed by atoms with Crippen LogP contribution in [0, 0.1) is 13.8 Å². The van der Waals surface area contributed by atoms with Gasteiger partial charge in [-0.1, -0.05) is 31.2 Å². The lowest BCUT2D eigenvalue weighted by Crippen LogP contribution is -2.33. The molecule has 3 aromatic rings. The van der Waals surface area contributed by atoms with E-state index < -0.39 is 12.0 Å². The zero-order chi connectivity index (χ0) is 21.8. The molecule has 0 radical (unpaired) electrons. The number of nitrogens with one attached hydrogen (secondary N) is 1. The van der Waals surface area contributed by atoms with Gasteiger partial charge in [0.1, 0.15) is 6.04 Å². The molecule has 1 amide bonds. The number of rotatable bonds is 6. The number of anilines is 1. The summed E-state index contributed by atoms with van der Waals surface area (Å²) in [6.45, 7) is 7.72. The van der Waals surface area contributed by atoms with Crippen molar-refractivity contribution in [3.63, 3.8) is 0 Å². The Labute approximate surface area is 175 Å². The van der Waals surface area contributed by atoms with Crippen LogP contribution in [0.25, 0.3) is 10.9 Å². The number of hydrogen-bond acceptors (Lipinski definition) is 4. The maximum Gasteiger partial charge on any atom is 0.338 e. The molecule has 0 aliphatic heterocycles. The van der Waals surface area contributed by atoms with Crippen molar-refractivity contribution >= 4 is 28.5 Å². The number of aryl methyl sites for hydroxylation is 2. The molecule has 0 aliphatic carbocycles. The van der Waals surface area contributed by atoms with E-state index in [1.807, 2.05) is 39.0 Å². The second-order valence-corrected chi connectivity index (χ2v) is 7.22. The quantitative estimate of drug-likeness (QED) is 0.616.